The highest BCUT2D eigenvalue weighted by molar-refractivity contribution is 8.03. The number of aliphatic hydroxyl groups is 1. The summed E-state index contributed by atoms with van der Waals surface area (Å²) in [6.07, 6.45) is 1.28. The van der Waals surface area contributed by atoms with Crippen LogP contribution in [0.15, 0.2) is 23.3 Å². The molecule has 2 aliphatic heterocycles. The van der Waals surface area contributed by atoms with Gasteiger partial charge in [-0.3, -0.25) is 4.79 Å². The van der Waals surface area contributed by atoms with Crippen LogP contribution in [0, 0.1) is 11.8 Å². The predicted octanol–water partition coefficient (Wildman–Crippen LogP) is 3.54. The Balaban J connectivity index is 2.27. The molecule has 1 fully saturated rings. The Labute approximate surface area is 179 Å². The summed E-state index contributed by atoms with van der Waals surface area (Å²) in [5.74, 6) is -0.421. The molecule has 6 nitrogen and oxygen atoms in total. The van der Waals surface area contributed by atoms with E-state index in [9.17, 15) is 14.7 Å². The third-order valence-corrected chi connectivity index (χ3v) is 12.1. The zero-order valence-electron chi connectivity index (χ0n) is 18.7. The van der Waals surface area contributed by atoms with Crippen LogP contribution in [0.5, 0.6) is 0 Å². The number of hydrogen-bond donors (Lipinski definition) is 1. The predicted molar refractivity (Wildman–Crippen MR) is 119 cm³/mol. The second-order valence-corrected chi connectivity index (χ2v) is 15.2. The summed E-state index contributed by atoms with van der Waals surface area (Å²) in [6.45, 7) is 18.6. The van der Waals surface area contributed by atoms with Crippen LogP contribution in [-0.4, -0.2) is 61.3 Å². The number of carbonyl (C=O) groups is 2. The molecule has 1 saturated heterocycles. The minimum absolute atomic E-state index is 0.00278. The van der Waals surface area contributed by atoms with Gasteiger partial charge < -0.3 is 19.2 Å². The molecule has 164 valence electrons. The van der Waals surface area contributed by atoms with Crippen LogP contribution in [0.2, 0.25) is 18.1 Å². The molecule has 0 aromatic rings. The second-order valence-electron chi connectivity index (χ2n) is 9.27. The number of ether oxygens (including phenoxy) is 1. The molecule has 2 heterocycles. The third-order valence-electron chi connectivity index (χ3n) is 6.26. The maximum atomic E-state index is 13.1. The Morgan fingerprint density at radius 3 is 2.55 bits per heavy atom. The van der Waals surface area contributed by atoms with Gasteiger partial charge in [-0.15, -0.1) is 11.8 Å². The van der Waals surface area contributed by atoms with E-state index in [0.29, 0.717) is 11.4 Å². The summed E-state index contributed by atoms with van der Waals surface area (Å²) in [5, 5.41) is 9.30. The largest absolute Gasteiger partial charge is 0.457 e. The highest BCUT2D eigenvalue weighted by Crippen LogP contribution is 2.51. The van der Waals surface area contributed by atoms with E-state index >= 15 is 0 Å². The van der Waals surface area contributed by atoms with Crippen molar-refractivity contribution in [2.24, 2.45) is 11.8 Å². The normalized spacial score (nSPS) is 25.6. The molecule has 0 aromatic carbocycles. The zero-order valence-corrected chi connectivity index (χ0v) is 20.5. The van der Waals surface area contributed by atoms with E-state index in [0.717, 1.165) is 4.91 Å². The van der Waals surface area contributed by atoms with Gasteiger partial charge in [-0.2, -0.15) is 0 Å². The van der Waals surface area contributed by atoms with Crippen LogP contribution in [0.4, 0.5) is 0 Å². The number of amides is 1. The third kappa shape index (κ3) is 4.50. The number of fused-ring (bicyclic) bond motifs is 1. The summed E-state index contributed by atoms with van der Waals surface area (Å²) in [5.41, 5.74) is 0.323. The van der Waals surface area contributed by atoms with Crippen LogP contribution in [0.3, 0.4) is 0 Å². The topological polar surface area (TPSA) is 76.1 Å². The molecule has 2 aliphatic rings. The van der Waals surface area contributed by atoms with Gasteiger partial charge in [-0.05, 0) is 25.1 Å². The minimum atomic E-state index is -2.03. The fraction of sp³-hybridized carbons (Fsp3) is 0.714. The molecule has 0 bridgehead atoms. The van der Waals surface area contributed by atoms with Crippen LogP contribution in [0.25, 0.3) is 0 Å². The average Bonchev–Trinajstić information content (AvgIpc) is 2.85. The molecule has 4 atom stereocenters. The van der Waals surface area contributed by atoms with Crippen LogP contribution in [0.1, 0.15) is 34.6 Å². The van der Waals surface area contributed by atoms with Crippen molar-refractivity contribution < 1.29 is 23.9 Å². The molecule has 0 aromatic heterocycles. The van der Waals surface area contributed by atoms with Crippen molar-refractivity contribution >= 4 is 32.0 Å². The van der Waals surface area contributed by atoms with Gasteiger partial charge in [0.2, 0.25) is 5.91 Å². The van der Waals surface area contributed by atoms with E-state index in [-0.39, 0.29) is 48.1 Å². The first-order chi connectivity index (χ1) is 13.4. The number of esters is 1. The maximum Gasteiger partial charge on any atom is 0.356 e. The average molecular weight is 442 g/mol. The molecule has 1 N–H and O–H groups in total. The smallest absolute Gasteiger partial charge is 0.356 e. The van der Waals surface area contributed by atoms with Gasteiger partial charge in [0.15, 0.2) is 8.32 Å². The molecule has 1 amide bonds. The maximum absolute atomic E-state index is 13.1. The Hall–Kier alpha value is -1.09. The first-order valence-corrected chi connectivity index (χ1v) is 14.0. The molecule has 3 unspecified atom stereocenters. The van der Waals surface area contributed by atoms with E-state index in [1.807, 2.05) is 13.8 Å². The summed E-state index contributed by atoms with van der Waals surface area (Å²) >= 11 is 1.42. The monoisotopic (exact) mass is 441 g/mol. The quantitative estimate of drug-likeness (QED) is 0.255. The lowest BCUT2D eigenvalue weighted by molar-refractivity contribution is -0.163. The molecular formula is C21H35NO5SSi. The van der Waals surface area contributed by atoms with Crippen LogP contribution in [-0.2, 0) is 18.8 Å². The van der Waals surface area contributed by atoms with Crippen LogP contribution >= 0.6 is 11.8 Å². The van der Waals surface area contributed by atoms with Crippen molar-refractivity contribution in [2.75, 3.05) is 19.0 Å². The Morgan fingerprint density at radius 1 is 1.41 bits per heavy atom. The lowest BCUT2D eigenvalue weighted by Gasteiger charge is -2.50. The van der Waals surface area contributed by atoms with E-state index in [1.54, 1.807) is 4.90 Å². The fourth-order valence-corrected chi connectivity index (χ4v) is 6.23. The lowest BCUT2D eigenvalue weighted by atomic mass is 9.79. The number of rotatable bonds is 9. The van der Waals surface area contributed by atoms with Crippen molar-refractivity contribution in [2.45, 2.75) is 64.9 Å². The lowest BCUT2D eigenvalue weighted by Crippen LogP contribution is -2.65. The van der Waals surface area contributed by atoms with Gasteiger partial charge in [0.05, 0.1) is 24.7 Å². The van der Waals surface area contributed by atoms with Crippen molar-refractivity contribution in [1.29, 1.82) is 0 Å². The molecular weight excluding hydrogens is 406 g/mol. The van der Waals surface area contributed by atoms with Gasteiger partial charge in [-0.25, -0.2) is 4.79 Å². The number of thioether (sulfide) groups is 1. The summed E-state index contributed by atoms with van der Waals surface area (Å²) < 4.78 is 11.8. The van der Waals surface area contributed by atoms with Crippen LogP contribution < -0.4 is 0 Å². The second kappa shape index (κ2) is 8.96. The number of hydrogen-bond acceptors (Lipinski definition) is 6. The molecule has 8 heteroatoms. The Morgan fingerprint density at radius 2 is 2.03 bits per heavy atom. The van der Waals surface area contributed by atoms with Crippen molar-refractivity contribution in [3.05, 3.63) is 23.3 Å². The minimum Gasteiger partial charge on any atom is -0.457 e. The van der Waals surface area contributed by atoms with Gasteiger partial charge >= 0.3 is 5.97 Å². The molecule has 0 spiro atoms. The number of aliphatic hydroxyl groups excluding tert-OH is 1. The molecule has 0 saturated carbocycles. The molecule has 0 radical (unpaired) electrons. The summed E-state index contributed by atoms with van der Waals surface area (Å²) in [6, 6.07) is -0.116. The Bertz CT molecular complexity index is 700. The molecule has 0 aliphatic carbocycles. The highest BCUT2D eigenvalue weighted by atomic mass is 32.2. The zero-order chi connectivity index (χ0) is 22.1. The highest BCUT2D eigenvalue weighted by Gasteiger charge is 2.61. The van der Waals surface area contributed by atoms with Crippen molar-refractivity contribution in [1.82, 2.24) is 4.90 Å². The van der Waals surface area contributed by atoms with E-state index < -0.39 is 14.3 Å². The van der Waals surface area contributed by atoms with Gasteiger partial charge in [0, 0.05) is 16.6 Å². The summed E-state index contributed by atoms with van der Waals surface area (Å²) in [4.78, 5) is 28.2. The van der Waals surface area contributed by atoms with Gasteiger partial charge in [-0.1, -0.05) is 40.3 Å². The molecule has 2 rings (SSSR count). The van der Waals surface area contributed by atoms with Gasteiger partial charge in [0.1, 0.15) is 12.3 Å². The number of carbonyl (C=O) groups excluding carboxylic acids is 2. The summed E-state index contributed by atoms with van der Waals surface area (Å²) in [7, 11) is -2.03. The number of β-lactam (4-membered cyclic amide) rings is 1. The standard InChI is InChI=1S/C21H35NO5SSi/c1-9-11-26-20(25)17-18(28-12-10-23)13(2)16-15(19(24)22(16)17)14(3)27-29(7,8)21(4,5)6/h9,13-16,23H,1,10-12H2,2-8H3/t13?,14-,15?,16?/m1/s1. The van der Waals surface area contributed by atoms with Gasteiger partial charge in [0.25, 0.3) is 0 Å². The van der Waals surface area contributed by atoms with E-state index in [2.05, 4.69) is 40.4 Å². The first-order valence-electron chi connectivity index (χ1n) is 10.2. The van der Waals surface area contributed by atoms with E-state index in [4.69, 9.17) is 9.16 Å². The van der Waals surface area contributed by atoms with Crippen molar-refractivity contribution in [3.63, 3.8) is 0 Å². The first kappa shape index (κ1) is 24.2. The Kier molecular flexibility index (Phi) is 7.47. The molecule has 29 heavy (non-hydrogen) atoms. The fourth-order valence-electron chi connectivity index (χ4n) is 3.77. The number of nitrogens with zero attached hydrogens (tertiary/aromatic N) is 1. The van der Waals surface area contributed by atoms with Crippen molar-refractivity contribution in [3.8, 4) is 0 Å². The van der Waals surface area contributed by atoms with E-state index in [1.165, 1.54) is 17.8 Å². The SMILES string of the molecule is C=CCOC(=O)C1=C(SCCO)C(C)C2C([C@@H](C)O[Si](C)(C)C(C)(C)C)C(=O)N12.